The van der Waals surface area contributed by atoms with Crippen molar-refractivity contribution in [2.24, 2.45) is 0 Å². The van der Waals surface area contributed by atoms with E-state index in [4.69, 9.17) is 4.65 Å². The summed E-state index contributed by atoms with van der Waals surface area (Å²) in [5.41, 5.74) is 0. The van der Waals surface area contributed by atoms with Gasteiger partial charge in [-0.15, -0.1) is 0 Å². The monoisotopic (exact) mass is 216 g/mol. The Kier molecular flexibility index (Phi) is 8.56. The molecular formula is C2H5B4IO. The van der Waals surface area contributed by atoms with Crippen LogP contribution < -0.4 is 0 Å². The second kappa shape index (κ2) is 7.79. The van der Waals surface area contributed by atoms with E-state index in [0.717, 1.165) is 6.61 Å². The first-order chi connectivity index (χ1) is 3.91. The summed E-state index contributed by atoms with van der Waals surface area (Å²) in [7, 11) is 1.68. The molecule has 0 aromatic heterocycles. The molecule has 0 N–H and O–H groups in total. The summed E-state index contributed by atoms with van der Waals surface area (Å²) in [5, 5.41) is 0. The van der Waals surface area contributed by atoms with Gasteiger partial charge in [-0.1, -0.05) is 0 Å². The summed E-state index contributed by atoms with van der Waals surface area (Å²) >= 11 is 2.15. The van der Waals surface area contributed by atoms with Crippen LogP contribution in [0, 0.1) is 0 Å². The molecule has 38 valence electrons. The molecule has 0 unspecified atom stereocenters. The molecule has 0 aliphatic heterocycles. The van der Waals surface area contributed by atoms with Crippen molar-refractivity contribution in [3.8, 4) is 0 Å². The number of hydrogen-bond donors (Lipinski definition) is 0. The van der Waals surface area contributed by atoms with E-state index in [0.29, 0.717) is 0 Å². The van der Waals surface area contributed by atoms with E-state index in [-0.39, 0.29) is 0 Å². The third kappa shape index (κ3) is 6.79. The topological polar surface area (TPSA) is 9.23 Å². The van der Waals surface area contributed by atoms with Gasteiger partial charge in [0, 0.05) is 0 Å². The van der Waals surface area contributed by atoms with Gasteiger partial charge in [-0.2, -0.15) is 0 Å². The first-order valence-electron chi connectivity index (χ1n) is 2.45. The fourth-order valence-corrected chi connectivity index (χ4v) is 0.479. The molecule has 8 heavy (non-hydrogen) atoms. The van der Waals surface area contributed by atoms with Crippen LogP contribution in [0.15, 0.2) is 0 Å². The quantitative estimate of drug-likeness (QED) is 0.470. The van der Waals surface area contributed by atoms with E-state index >= 15 is 0 Å². The zero-order valence-corrected chi connectivity index (χ0v) is 6.96. The van der Waals surface area contributed by atoms with Crippen molar-refractivity contribution in [1.82, 2.24) is 0 Å². The van der Waals surface area contributed by atoms with E-state index in [9.17, 15) is 0 Å². The summed E-state index contributed by atoms with van der Waals surface area (Å²) in [5.74, 6) is 0. The second-order valence-electron chi connectivity index (χ2n) is 1.10. The summed E-state index contributed by atoms with van der Waals surface area (Å²) < 4.78 is 6.82. The van der Waals surface area contributed by atoms with Crippen LogP contribution >= 0.6 is 22.4 Å². The molecule has 0 aliphatic carbocycles. The Morgan fingerprint density at radius 2 is 2.25 bits per heavy atom. The predicted octanol–water partition coefficient (Wildman–Crippen LogP) is -0.150. The van der Waals surface area contributed by atoms with Gasteiger partial charge in [-0.05, 0) is 0 Å². The van der Waals surface area contributed by atoms with Crippen molar-refractivity contribution < 1.29 is 4.65 Å². The molecule has 0 aliphatic rings. The molecule has 0 bridgehead atoms. The van der Waals surface area contributed by atoms with E-state index in [1.54, 1.807) is 7.00 Å². The molecule has 6 heteroatoms. The van der Waals surface area contributed by atoms with Gasteiger partial charge in [0.1, 0.15) is 0 Å². The Bertz CT molecular complexity index is 92.0. The molecule has 0 heterocycles. The van der Waals surface area contributed by atoms with E-state index < -0.39 is 0 Å². The van der Waals surface area contributed by atoms with Crippen LogP contribution in [0.1, 0.15) is 6.92 Å². The van der Waals surface area contributed by atoms with Gasteiger partial charge < -0.3 is 0 Å². The van der Waals surface area contributed by atoms with Crippen molar-refractivity contribution in [3.05, 3.63) is 0 Å². The normalized spacial score (nSPS) is 7.25. The second-order valence-corrected chi connectivity index (χ2v) is 1.82. The average Bonchev–Trinajstić information content (AvgIpc) is 1.81. The Hall–Kier alpha value is 0.790. The first-order valence-corrected chi connectivity index (χ1v) is 3.70. The zero-order chi connectivity index (χ0) is 6.24. The first kappa shape index (κ1) is 8.79. The van der Waals surface area contributed by atoms with Crippen molar-refractivity contribution in [1.29, 1.82) is 0 Å². The predicted molar refractivity (Wildman–Crippen MR) is 48.7 cm³/mol. The summed E-state index contributed by atoms with van der Waals surface area (Å²) in [6.07, 6.45) is 0. The van der Waals surface area contributed by atoms with Gasteiger partial charge in [0.15, 0.2) is 0 Å². The van der Waals surface area contributed by atoms with Crippen LogP contribution in [-0.4, -0.2) is 31.7 Å². The SMILES string of the molecule is CCOB=BB=BI. The van der Waals surface area contributed by atoms with E-state index in [2.05, 4.69) is 22.4 Å². The fourth-order valence-electron chi connectivity index (χ4n) is 0.239. The minimum atomic E-state index is 0.742. The van der Waals surface area contributed by atoms with Crippen molar-refractivity contribution in [3.63, 3.8) is 0 Å². The van der Waals surface area contributed by atoms with Gasteiger partial charge in [0.25, 0.3) is 0 Å². The summed E-state index contributed by atoms with van der Waals surface area (Å²) in [6.45, 7) is 6.47. The molecule has 0 rings (SSSR count). The van der Waals surface area contributed by atoms with E-state index in [1.807, 2.05) is 25.0 Å². The van der Waals surface area contributed by atoms with Crippen LogP contribution in [0.2, 0.25) is 0 Å². The molecule has 0 aromatic rings. The van der Waals surface area contributed by atoms with Crippen molar-refractivity contribution in [2.75, 3.05) is 6.61 Å². The molecule has 0 fully saturated rings. The molecule has 0 spiro atoms. The minimum absolute atomic E-state index is 0.742. The summed E-state index contributed by atoms with van der Waals surface area (Å²) in [6, 6.07) is 0. The number of hydrogen-bond acceptors (Lipinski definition) is 1. The molecule has 1 nitrogen and oxygen atoms in total. The van der Waals surface area contributed by atoms with Crippen LogP contribution in [0.3, 0.4) is 0 Å². The Labute approximate surface area is 65.7 Å². The maximum absolute atomic E-state index is 4.90. The maximum atomic E-state index is 4.90. The molecule has 0 radical (unpaired) electrons. The summed E-state index contributed by atoms with van der Waals surface area (Å²) in [4.78, 5) is 0. The van der Waals surface area contributed by atoms with Crippen molar-refractivity contribution >= 4 is 47.4 Å². The van der Waals surface area contributed by atoms with Gasteiger partial charge >= 0.3 is 65.6 Å². The standard InChI is InChI=1S/C2H5B4IO/c1-2-8-6-4-3-5-7/h2H2,1H3. The Morgan fingerprint density at radius 1 is 1.50 bits per heavy atom. The molecule has 0 saturated carbocycles. The third-order valence-electron chi connectivity index (χ3n) is 0.525. The van der Waals surface area contributed by atoms with Gasteiger partial charge in [-0.3, -0.25) is 0 Å². The fraction of sp³-hybridized carbons (Fsp3) is 1.00. The van der Waals surface area contributed by atoms with Crippen LogP contribution in [0.25, 0.3) is 0 Å². The molecule has 0 aromatic carbocycles. The van der Waals surface area contributed by atoms with Crippen molar-refractivity contribution in [2.45, 2.75) is 6.92 Å². The molecule has 0 atom stereocenters. The van der Waals surface area contributed by atoms with Crippen LogP contribution in [-0.2, 0) is 4.65 Å². The van der Waals surface area contributed by atoms with Crippen LogP contribution in [0.4, 0.5) is 0 Å². The Morgan fingerprint density at radius 3 is 2.75 bits per heavy atom. The average molecular weight is 215 g/mol. The van der Waals surface area contributed by atoms with E-state index in [1.165, 1.54) is 0 Å². The van der Waals surface area contributed by atoms with Crippen LogP contribution in [0.5, 0.6) is 0 Å². The molecule has 0 saturated heterocycles. The molecular weight excluding hydrogens is 210 g/mol. The number of halogens is 1. The Balaban J connectivity index is 3.07. The third-order valence-corrected chi connectivity index (χ3v) is 0.941. The van der Waals surface area contributed by atoms with Gasteiger partial charge in [0.2, 0.25) is 0 Å². The van der Waals surface area contributed by atoms with Gasteiger partial charge in [0.05, 0.1) is 0 Å². The van der Waals surface area contributed by atoms with Gasteiger partial charge in [-0.25, -0.2) is 0 Å². The number of rotatable bonds is 3. The molecule has 0 amide bonds. The zero-order valence-electron chi connectivity index (χ0n) is 4.80.